The van der Waals surface area contributed by atoms with Gasteiger partial charge < -0.3 is 10.0 Å². The summed E-state index contributed by atoms with van der Waals surface area (Å²) in [5.74, 6) is 0.259. The van der Waals surface area contributed by atoms with Crippen LogP contribution in [0.15, 0.2) is 24.9 Å². The molecule has 0 spiro atoms. The highest BCUT2D eigenvalue weighted by molar-refractivity contribution is 5.58. The van der Waals surface area contributed by atoms with Crippen molar-refractivity contribution < 1.29 is 10.0 Å². The van der Waals surface area contributed by atoms with Crippen LogP contribution in [-0.2, 0) is 0 Å². The van der Waals surface area contributed by atoms with Gasteiger partial charge in [0, 0.05) is 25.4 Å². The minimum Gasteiger partial charge on any atom is -0.395 e. The number of pyridine rings is 1. The fourth-order valence-corrected chi connectivity index (χ4v) is 1.48. The molecule has 0 radical (unpaired) electrons. The van der Waals surface area contributed by atoms with Gasteiger partial charge in [-0.1, -0.05) is 6.08 Å². The van der Waals surface area contributed by atoms with Crippen molar-refractivity contribution in [1.29, 1.82) is 0 Å². The van der Waals surface area contributed by atoms with Crippen LogP contribution in [0.5, 0.6) is 0 Å². The van der Waals surface area contributed by atoms with Crippen LogP contribution in [0, 0.1) is 17.0 Å². The summed E-state index contributed by atoms with van der Waals surface area (Å²) in [7, 11) is 0. The third-order valence-corrected chi connectivity index (χ3v) is 2.20. The Morgan fingerprint density at radius 2 is 2.41 bits per heavy atom. The smallest absolute Gasteiger partial charge is 0.311 e. The molecule has 6 heteroatoms. The van der Waals surface area contributed by atoms with Gasteiger partial charge in [-0.15, -0.1) is 6.58 Å². The monoisotopic (exact) mass is 237 g/mol. The summed E-state index contributed by atoms with van der Waals surface area (Å²) in [5, 5.41) is 19.9. The lowest BCUT2D eigenvalue weighted by Gasteiger charge is -2.20. The first-order chi connectivity index (χ1) is 8.10. The molecule has 1 aromatic rings. The molecule has 0 aromatic carbocycles. The van der Waals surface area contributed by atoms with Gasteiger partial charge in [0.2, 0.25) is 5.82 Å². The molecule has 1 rings (SSSR count). The van der Waals surface area contributed by atoms with Gasteiger partial charge in [-0.3, -0.25) is 10.1 Å². The van der Waals surface area contributed by atoms with E-state index in [0.29, 0.717) is 6.54 Å². The van der Waals surface area contributed by atoms with Gasteiger partial charge in [0.25, 0.3) is 0 Å². The third-order valence-electron chi connectivity index (χ3n) is 2.20. The number of aliphatic hydroxyl groups excluding tert-OH is 1. The molecule has 0 aliphatic heterocycles. The van der Waals surface area contributed by atoms with Crippen LogP contribution < -0.4 is 4.90 Å². The Kier molecular flexibility index (Phi) is 4.59. The highest BCUT2D eigenvalue weighted by Crippen LogP contribution is 2.26. The number of nitrogens with zero attached hydrogens (tertiary/aromatic N) is 3. The number of aliphatic hydroxyl groups is 1. The van der Waals surface area contributed by atoms with E-state index in [1.165, 1.54) is 6.07 Å². The molecule has 6 nitrogen and oxygen atoms in total. The van der Waals surface area contributed by atoms with E-state index in [-0.39, 0.29) is 24.7 Å². The Morgan fingerprint density at radius 1 is 1.71 bits per heavy atom. The van der Waals surface area contributed by atoms with Gasteiger partial charge in [-0.2, -0.15) is 0 Å². The Labute approximate surface area is 99.4 Å². The maximum absolute atomic E-state index is 10.9. The normalized spacial score (nSPS) is 10.0. The molecule has 0 atom stereocenters. The van der Waals surface area contributed by atoms with Crippen molar-refractivity contribution in [2.24, 2.45) is 0 Å². The number of nitro groups is 1. The highest BCUT2D eigenvalue weighted by Gasteiger charge is 2.20. The Balaban J connectivity index is 3.16. The Morgan fingerprint density at radius 3 is 2.94 bits per heavy atom. The first kappa shape index (κ1) is 13.1. The second-order valence-electron chi connectivity index (χ2n) is 3.57. The summed E-state index contributed by atoms with van der Waals surface area (Å²) in [6.45, 7) is 5.91. The van der Waals surface area contributed by atoms with E-state index in [9.17, 15) is 10.1 Å². The van der Waals surface area contributed by atoms with E-state index >= 15 is 0 Å². The minimum atomic E-state index is -0.469. The number of rotatable bonds is 6. The van der Waals surface area contributed by atoms with E-state index in [1.54, 1.807) is 24.1 Å². The molecule has 1 N–H and O–H groups in total. The molecular weight excluding hydrogens is 222 g/mol. The Bertz CT molecular complexity index is 420. The Hall–Kier alpha value is -1.95. The summed E-state index contributed by atoms with van der Waals surface area (Å²) in [4.78, 5) is 16.1. The third kappa shape index (κ3) is 3.25. The fourth-order valence-electron chi connectivity index (χ4n) is 1.48. The number of hydrogen-bond acceptors (Lipinski definition) is 5. The molecule has 0 aliphatic rings. The first-order valence-electron chi connectivity index (χ1n) is 5.18. The molecule has 17 heavy (non-hydrogen) atoms. The number of aromatic nitrogens is 1. The van der Waals surface area contributed by atoms with Crippen LogP contribution in [0.25, 0.3) is 0 Å². The van der Waals surface area contributed by atoms with Crippen LogP contribution in [0.2, 0.25) is 0 Å². The maximum Gasteiger partial charge on any atom is 0.311 e. The molecule has 0 saturated heterocycles. The van der Waals surface area contributed by atoms with Crippen molar-refractivity contribution in [2.75, 3.05) is 24.6 Å². The van der Waals surface area contributed by atoms with Crippen molar-refractivity contribution in [3.63, 3.8) is 0 Å². The van der Waals surface area contributed by atoms with Crippen molar-refractivity contribution in [3.8, 4) is 0 Å². The molecule has 1 aromatic heterocycles. The predicted octanol–water partition coefficient (Wildman–Crippen LogP) is 1.28. The number of anilines is 1. The molecule has 0 aliphatic carbocycles. The van der Waals surface area contributed by atoms with E-state index in [4.69, 9.17) is 5.11 Å². The quantitative estimate of drug-likeness (QED) is 0.458. The van der Waals surface area contributed by atoms with Crippen molar-refractivity contribution in [3.05, 3.63) is 40.6 Å². The SMILES string of the molecule is C=CCN(CCO)c1ncc(C)cc1[N+](=O)[O-]. The van der Waals surface area contributed by atoms with Crippen LogP contribution >= 0.6 is 0 Å². The van der Waals surface area contributed by atoms with E-state index in [0.717, 1.165) is 5.56 Å². The zero-order valence-corrected chi connectivity index (χ0v) is 9.67. The summed E-state index contributed by atoms with van der Waals surface area (Å²) >= 11 is 0. The molecule has 0 fully saturated rings. The second-order valence-corrected chi connectivity index (χ2v) is 3.57. The van der Waals surface area contributed by atoms with Gasteiger partial charge >= 0.3 is 5.69 Å². The number of hydrogen-bond donors (Lipinski definition) is 1. The standard InChI is InChI=1S/C11H15N3O3/c1-3-4-13(5-6-15)11-10(14(16)17)7-9(2)8-12-11/h3,7-8,15H,1,4-6H2,2H3. The van der Waals surface area contributed by atoms with Crippen LogP contribution in [0.4, 0.5) is 11.5 Å². The summed E-state index contributed by atoms with van der Waals surface area (Å²) < 4.78 is 0. The van der Waals surface area contributed by atoms with Crippen LogP contribution in [0.1, 0.15) is 5.56 Å². The van der Waals surface area contributed by atoms with E-state index in [2.05, 4.69) is 11.6 Å². The van der Waals surface area contributed by atoms with Crippen LogP contribution in [-0.4, -0.2) is 34.7 Å². The van der Waals surface area contributed by atoms with Gasteiger partial charge in [-0.05, 0) is 12.5 Å². The summed E-state index contributed by atoms with van der Waals surface area (Å²) in [5.41, 5.74) is 0.670. The maximum atomic E-state index is 10.9. The molecule has 0 unspecified atom stereocenters. The minimum absolute atomic E-state index is 0.0553. The average molecular weight is 237 g/mol. The van der Waals surface area contributed by atoms with Crippen molar-refractivity contribution in [1.82, 2.24) is 4.98 Å². The molecule has 92 valence electrons. The molecule has 0 amide bonds. The topological polar surface area (TPSA) is 79.5 Å². The van der Waals surface area contributed by atoms with Gasteiger partial charge in [0.05, 0.1) is 11.5 Å². The van der Waals surface area contributed by atoms with E-state index < -0.39 is 4.92 Å². The lowest BCUT2D eigenvalue weighted by molar-refractivity contribution is -0.384. The molecule has 0 saturated carbocycles. The summed E-state index contributed by atoms with van der Waals surface area (Å²) in [6.07, 6.45) is 3.18. The zero-order chi connectivity index (χ0) is 12.8. The van der Waals surface area contributed by atoms with Crippen LogP contribution in [0.3, 0.4) is 0 Å². The van der Waals surface area contributed by atoms with E-state index in [1.807, 2.05) is 0 Å². The van der Waals surface area contributed by atoms with Crippen molar-refractivity contribution in [2.45, 2.75) is 6.92 Å². The lowest BCUT2D eigenvalue weighted by Crippen LogP contribution is -2.28. The average Bonchev–Trinajstić information content (AvgIpc) is 2.28. The van der Waals surface area contributed by atoms with Gasteiger partial charge in [-0.25, -0.2) is 4.98 Å². The fraction of sp³-hybridized carbons (Fsp3) is 0.364. The van der Waals surface area contributed by atoms with Gasteiger partial charge in [0.15, 0.2) is 0 Å². The van der Waals surface area contributed by atoms with Crippen molar-refractivity contribution >= 4 is 11.5 Å². The zero-order valence-electron chi connectivity index (χ0n) is 9.67. The highest BCUT2D eigenvalue weighted by atomic mass is 16.6. The first-order valence-corrected chi connectivity index (χ1v) is 5.18. The second kappa shape index (κ2) is 5.95. The molecule has 0 bridgehead atoms. The molecule has 1 heterocycles. The predicted molar refractivity (Wildman–Crippen MR) is 65.1 cm³/mol. The molecular formula is C11H15N3O3. The van der Waals surface area contributed by atoms with Gasteiger partial charge in [0.1, 0.15) is 0 Å². The summed E-state index contributed by atoms with van der Waals surface area (Å²) in [6, 6.07) is 1.47. The lowest BCUT2D eigenvalue weighted by atomic mass is 10.2. The number of aryl methyl sites for hydroxylation is 1. The largest absolute Gasteiger partial charge is 0.395 e.